The number of carbonyl (C=O) groups excluding carboxylic acids is 2. The summed E-state index contributed by atoms with van der Waals surface area (Å²) in [4.78, 5) is 24.5. The normalized spacial score (nSPS) is 12.7. The predicted octanol–water partition coefficient (Wildman–Crippen LogP) is 15.7. The van der Waals surface area contributed by atoms with Gasteiger partial charge in [0.2, 0.25) is 5.91 Å². The molecule has 0 aromatic heterocycles. The highest BCUT2D eigenvalue weighted by atomic mass is 16.5. The molecule has 0 spiro atoms. The molecule has 2 unspecified atom stereocenters. The van der Waals surface area contributed by atoms with E-state index in [4.69, 9.17) is 4.74 Å². The summed E-state index contributed by atoms with van der Waals surface area (Å²) in [6.07, 6.45) is 56.0. The van der Waals surface area contributed by atoms with E-state index in [1.54, 1.807) is 0 Å². The highest BCUT2D eigenvalue weighted by Crippen LogP contribution is 2.17. The summed E-state index contributed by atoms with van der Waals surface area (Å²) < 4.78 is 5.46. The van der Waals surface area contributed by atoms with Crippen LogP contribution < -0.4 is 5.32 Å². The van der Waals surface area contributed by atoms with Crippen LogP contribution in [0.25, 0.3) is 0 Å². The molecule has 0 rings (SSSR count). The first-order valence-electron chi connectivity index (χ1n) is 26.4. The molecule has 1 amide bonds. The molecule has 0 fully saturated rings. The van der Waals surface area contributed by atoms with Gasteiger partial charge in [0.15, 0.2) is 0 Å². The lowest BCUT2D eigenvalue weighted by atomic mass is 10.0. The van der Waals surface area contributed by atoms with Crippen molar-refractivity contribution in [2.45, 2.75) is 302 Å². The van der Waals surface area contributed by atoms with Gasteiger partial charge in [-0.2, -0.15) is 0 Å². The van der Waals surface area contributed by atoms with Crippen molar-refractivity contribution in [2.75, 3.05) is 13.2 Å². The number of rotatable bonds is 49. The van der Waals surface area contributed by atoms with E-state index in [2.05, 4.69) is 31.3 Å². The van der Waals surface area contributed by atoms with E-state index < -0.39 is 12.1 Å². The molecule has 0 aliphatic rings. The number of esters is 1. The van der Waals surface area contributed by atoms with Crippen molar-refractivity contribution in [1.29, 1.82) is 0 Å². The topological polar surface area (TPSA) is 95.9 Å². The Balaban J connectivity index is 3.46. The molecular formula is C53H103NO5. The molecule has 0 aliphatic heterocycles. The Morgan fingerprint density at radius 3 is 1.20 bits per heavy atom. The summed E-state index contributed by atoms with van der Waals surface area (Å²) in [7, 11) is 0. The fourth-order valence-electron chi connectivity index (χ4n) is 8.22. The minimum absolute atomic E-state index is 0.0217. The van der Waals surface area contributed by atoms with Crippen molar-refractivity contribution in [1.82, 2.24) is 5.32 Å². The van der Waals surface area contributed by atoms with Crippen LogP contribution in [-0.4, -0.2) is 47.4 Å². The van der Waals surface area contributed by atoms with E-state index in [9.17, 15) is 19.8 Å². The molecule has 0 aromatic carbocycles. The van der Waals surface area contributed by atoms with E-state index in [0.717, 1.165) is 57.8 Å². The highest BCUT2D eigenvalue weighted by Gasteiger charge is 2.20. The third-order valence-electron chi connectivity index (χ3n) is 12.3. The van der Waals surface area contributed by atoms with Crippen LogP contribution in [0, 0.1) is 0 Å². The Morgan fingerprint density at radius 1 is 0.458 bits per heavy atom. The lowest BCUT2D eigenvalue weighted by Gasteiger charge is -2.22. The number of ether oxygens (including phenoxy) is 1. The number of nitrogens with one attached hydrogen (secondary N) is 1. The molecule has 350 valence electrons. The van der Waals surface area contributed by atoms with Gasteiger partial charge in [-0.05, 0) is 51.4 Å². The Morgan fingerprint density at radius 2 is 0.797 bits per heavy atom. The first kappa shape index (κ1) is 57.6. The number of allylic oxidation sites excluding steroid dienone is 2. The van der Waals surface area contributed by atoms with Crippen LogP contribution >= 0.6 is 0 Å². The lowest BCUT2D eigenvalue weighted by Crippen LogP contribution is -2.45. The van der Waals surface area contributed by atoms with Gasteiger partial charge in [0.1, 0.15) is 0 Å². The fourth-order valence-corrected chi connectivity index (χ4v) is 8.22. The SMILES string of the molecule is CCCCCCCC/C=C\CCCCCCCCCC(=O)OCCCCCCCCCCCCC(=O)NC(CO)C(O)CCCCCCCCCCCCCCCCC. The van der Waals surface area contributed by atoms with Gasteiger partial charge in [-0.1, -0.05) is 238 Å². The summed E-state index contributed by atoms with van der Waals surface area (Å²) in [6.45, 7) is 4.91. The van der Waals surface area contributed by atoms with Gasteiger partial charge in [-0.15, -0.1) is 0 Å². The third-order valence-corrected chi connectivity index (χ3v) is 12.3. The van der Waals surface area contributed by atoms with Gasteiger partial charge in [0.05, 0.1) is 25.4 Å². The predicted molar refractivity (Wildman–Crippen MR) is 255 cm³/mol. The lowest BCUT2D eigenvalue weighted by molar-refractivity contribution is -0.143. The zero-order valence-corrected chi connectivity index (χ0v) is 39.7. The molecule has 0 heterocycles. The second-order valence-electron chi connectivity index (χ2n) is 18.2. The molecule has 6 nitrogen and oxygen atoms in total. The largest absolute Gasteiger partial charge is 0.466 e. The standard InChI is InChI=1S/C53H103NO5/c1-3-5-7-9-11-13-15-17-19-20-22-24-26-31-35-39-43-47-53(58)59-48-44-40-36-32-28-27-30-34-38-42-46-52(57)54-50(49-55)51(56)45-41-37-33-29-25-23-21-18-16-14-12-10-8-6-4-2/h17,19,50-51,55-56H,3-16,18,20-49H2,1-2H3,(H,54,57)/b19-17-. The maximum atomic E-state index is 12.4. The zero-order chi connectivity index (χ0) is 43.0. The van der Waals surface area contributed by atoms with Crippen molar-refractivity contribution in [2.24, 2.45) is 0 Å². The Labute approximate surface area is 368 Å². The first-order valence-corrected chi connectivity index (χ1v) is 26.4. The number of aliphatic hydroxyl groups excluding tert-OH is 2. The minimum Gasteiger partial charge on any atom is -0.466 e. The number of hydrogen-bond acceptors (Lipinski definition) is 5. The summed E-state index contributed by atoms with van der Waals surface area (Å²) in [5.41, 5.74) is 0. The summed E-state index contributed by atoms with van der Waals surface area (Å²) in [6, 6.07) is -0.557. The summed E-state index contributed by atoms with van der Waals surface area (Å²) in [5.74, 6) is -0.0781. The van der Waals surface area contributed by atoms with Gasteiger partial charge in [0, 0.05) is 12.8 Å². The van der Waals surface area contributed by atoms with E-state index in [1.807, 2.05) is 0 Å². The van der Waals surface area contributed by atoms with Crippen LogP contribution in [0.2, 0.25) is 0 Å². The second kappa shape index (κ2) is 49.3. The average Bonchev–Trinajstić information content (AvgIpc) is 3.24. The number of hydrogen-bond donors (Lipinski definition) is 3. The number of amides is 1. The summed E-state index contributed by atoms with van der Waals surface area (Å²) >= 11 is 0. The van der Waals surface area contributed by atoms with Gasteiger partial charge < -0.3 is 20.3 Å². The molecule has 6 heteroatoms. The molecule has 0 radical (unpaired) electrons. The molecule has 0 aromatic rings. The monoisotopic (exact) mass is 834 g/mol. The maximum Gasteiger partial charge on any atom is 0.305 e. The average molecular weight is 834 g/mol. The second-order valence-corrected chi connectivity index (χ2v) is 18.2. The van der Waals surface area contributed by atoms with Crippen LogP contribution in [0.5, 0.6) is 0 Å². The third kappa shape index (κ3) is 45.9. The smallest absolute Gasteiger partial charge is 0.305 e. The highest BCUT2D eigenvalue weighted by molar-refractivity contribution is 5.76. The van der Waals surface area contributed by atoms with E-state index in [1.165, 1.54) is 199 Å². The number of carbonyl (C=O) groups is 2. The van der Waals surface area contributed by atoms with E-state index in [-0.39, 0.29) is 18.5 Å². The van der Waals surface area contributed by atoms with E-state index in [0.29, 0.717) is 25.9 Å². The van der Waals surface area contributed by atoms with Gasteiger partial charge in [-0.3, -0.25) is 9.59 Å². The van der Waals surface area contributed by atoms with Gasteiger partial charge in [0.25, 0.3) is 0 Å². The van der Waals surface area contributed by atoms with Crippen molar-refractivity contribution >= 4 is 11.9 Å². The number of aliphatic hydroxyl groups is 2. The fraction of sp³-hybridized carbons (Fsp3) is 0.925. The van der Waals surface area contributed by atoms with Gasteiger partial charge in [-0.25, -0.2) is 0 Å². The molecule has 3 N–H and O–H groups in total. The Hall–Kier alpha value is -1.40. The maximum absolute atomic E-state index is 12.4. The van der Waals surface area contributed by atoms with Crippen LogP contribution in [0.3, 0.4) is 0 Å². The molecule has 0 saturated carbocycles. The molecule has 59 heavy (non-hydrogen) atoms. The summed E-state index contributed by atoms with van der Waals surface area (Å²) in [5, 5.41) is 23.2. The molecule has 0 saturated heterocycles. The van der Waals surface area contributed by atoms with Crippen molar-refractivity contribution < 1.29 is 24.5 Å². The Bertz CT molecular complexity index is 878. The quantitative estimate of drug-likeness (QED) is 0.0322. The minimum atomic E-state index is -0.678. The van der Waals surface area contributed by atoms with Crippen LogP contribution in [0.4, 0.5) is 0 Å². The van der Waals surface area contributed by atoms with Gasteiger partial charge >= 0.3 is 5.97 Å². The van der Waals surface area contributed by atoms with Crippen LogP contribution in [0.1, 0.15) is 290 Å². The molecule has 0 aliphatic carbocycles. The molecule has 2 atom stereocenters. The zero-order valence-electron chi connectivity index (χ0n) is 39.7. The van der Waals surface area contributed by atoms with Crippen LogP contribution in [-0.2, 0) is 14.3 Å². The van der Waals surface area contributed by atoms with Crippen molar-refractivity contribution in [3.8, 4) is 0 Å². The van der Waals surface area contributed by atoms with E-state index >= 15 is 0 Å². The molecule has 0 bridgehead atoms. The number of unbranched alkanes of at least 4 members (excludes halogenated alkanes) is 36. The first-order chi connectivity index (χ1) is 29.0. The van der Waals surface area contributed by atoms with Crippen LogP contribution in [0.15, 0.2) is 12.2 Å². The Kier molecular flexibility index (Phi) is 48.1. The van der Waals surface area contributed by atoms with Crippen molar-refractivity contribution in [3.63, 3.8) is 0 Å². The van der Waals surface area contributed by atoms with Crippen molar-refractivity contribution in [3.05, 3.63) is 12.2 Å². The molecular weight excluding hydrogens is 731 g/mol.